The molecule has 0 heterocycles. The zero-order valence-electron chi connectivity index (χ0n) is 13.4. The average Bonchev–Trinajstić information content (AvgIpc) is 2.40. The van der Waals surface area contributed by atoms with E-state index in [4.69, 9.17) is 28.3 Å². The number of amides is 1. The van der Waals surface area contributed by atoms with Crippen LogP contribution in [0.5, 0.6) is 0 Å². The van der Waals surface area contributed by atoms with Gasteiger partial charge in [0, 0.05) is 11.6 Å². The number of carboxylic acid groups (broad SMARTS) is 1. The molecule has 0 fully saturated rings. The number of aliphatic hydroxyl groups excluding tert-OH is 1. The lowest BCUT2D eigenvalue weighted by Crippen LogP contribution is -2.54. The number of sulfonamides is 1. The maximum atomic E-state index is 12.3. The van der Waals surface area contributed by atoms with Gasteiger partial charge in [0.25, 0.3) is 0 Å². The smallest absolute Gasteiger partial charge is 0.404 e. The van der Waals surface area contributed by atoms with Gasteiger partial charge in [0.1, 0.15) is 4.90 Å². The lowest BCUT2D eigenvalue weighted by Gasteiger charge is -2.34. The zero-order valence-corrected chi connectivity index (χ0v) is 15.7. The van der Waals surface area contributed by atoms with Gasteiger partial charge in [-0.15, -0.1) is 0 Å². The molecule has 2 atom stereocenters. The van der Waals surface area contributed by atoms with E-state index in [0.29, 0.717) is 0 Å². The monoisotopic (exact) mass is 398 g/mol. The second-order valence-corrected chi connectivity index (χ2v) is 8.87. The Morgan fingerprint density at radius 2 is 1.88 bits per heavy atom. The molecule has 24 heavy (non-hydrogen) atoms. The number of aliphatic hydroxyl groups is 1. The Hall–Kier alpha value is -1.06. The largest absolute Gasteiger partial charge is 0.465 e. The van der Waals surface area contributed by atoms with Gasteiger partial charge in [-0.3, -0.25) is 0 Å². The predicted octanol–water partition coefficient (Wildman–Crippen LogP) is 2.31. The fourth-order valence-corrected chi connectivity index (χ4v) is 3.93. The summed E-state index contributed by atoms with van der Waals surface area (Å²) in [7, 11) is -3.99. The highest BCUT2D eigenvalue weighted by Gasteiger charge is 2.33. The molecular weight excluding hydrogens is 379 g/mol. The molecular formula is C14H20Cl2N2O5S. The van der Waals surface area contributed by atoms with Gasteiger partial charge in [-0.1, -0.05) is 44.0 Å². The topological polar surface area (TPSA) is 116 Å². The third kappa shape index (κ3) is 5.78. The molecule has 7 nitrogen and oxygen atoms in total. The summed E-state index contributed by atoms with van der Waals surface area (Å²) >= 11 is 11.6. The number of halogens is 2. The second-order valence-electron chi connectivity index (χ2n) is 6.29. The molecule has 1 aromatic carbocycles. The highest BCUT2D eigenvalue weighted by atomic mass is 35.5. The zero-order chi connectivity index (χ0) is 18.7. The van der Waals surface area contributed by atoms with Crippen molar-refractivity contribution < 1.29 is 23.4 Å². The molecule has 1 amide bonds. The van der Waals surface area contributed by atoms with E-state index in [9.17, 15) is 18.3 Å². The molecule has 136 valence electrons. The first-order valence-electron chi connectivity index (χ1n) is 6.97. The minimum Gasteiger partial charge on any atom is -0.465 e. The number of nitrogens with one attached hydrogen (secondary N) is 2. The molecule has 0 spiro atoms. The quantitative estimate of drug-likeness (QED) is 0.586. The van der Waals surface area contributed by atoms with Crippen LogP contribution in [0.25, 0.3) is 0 Å². The van der Waals surface area contributed by atoms with Crippen LogP contribution in [0.2, 0.25) is 10.0 Å². The molecule has 0 saturated carbocycles. The molecule has 1 rings (SSSR count). The van der Waals surface area contributed by atoms with E-state index in [0.717, 1.165) is 0 Å². The third-order valence-corrected chi connectivity index (χ3v) is 5.40. The van der Waals surface area contributed by atoms with Crippen LogP contribution in [0.15, 0.2) is 23.1 Å². The van der Waals surface area contributed by atoms with Gasteiger partial charge in [-0.2, -0.15) is 0 Å². The van der Waals surface area contributed by atoms with Crippen LogP contribution < -0.4 is 10.0 Å². The van der Waals surface area contributed by atoms with E-state index in [1.54, 1.807) is 20.8 Å². The maximum absolute atomic E-state index is 12.3. The molecule has 0 saturated heterocycles. The molecule has 0 radical (unpaired) electrons. The highest BCUT2D eigenvalue weighted by molar-refractivity contribution is 7.89. The van der Waals surface area contributed by atoms with E-state index in [1.165, 1.54) is 18.2 Å². The van der Waals surface area contributed by atoms with E-state index in [-0.39, 0.29) is 21.5 Å². The van der Waals surface area contributed by atoms with Crippen LogP contribution >= 0.6 is 23.2 Å². The van der Waals surface area contributed by atoms with Crippen LogP contribution in [0.4, 0.5) is 4.79 Å². The molecule has 4 N–H and O–H groups in total. The molecule has 2 unspecified atom stereocenters. The summed E-state index contributed by atoms with van der Waals surface area (Å²) < 4.78 is 26.8. The standard InChI is InChI=1S/C14H20Cl2N2O5S/c1-14(2,3)12(18-13(20)21)10(19)7-17-24(22,23)11-5-4-8(15)6-9(11)16/h4-6,10,12,17-19H,7H2,1-3H3,(H,20,21). The fraction of sp³-hybridized carbons (Fsp3) is 0.500. The van der Waals surface area contributed by atoms with Crippen molar-refractivity contribution in [1.82, 2.24) is 10.0 Å². The fourth-order valence-electron chi connectivity index (χ4n) is 2.11. The van der Waals surface area contributed by atoms with E-state index < -0.39 is 33.7 Å². The first kappa shape index (κ1) is 21.0. The van der Waals surface area contributed by atoms with E-state index in [2.05, 4.69) is 10.0 Å². The first-order valence-corrected chi connectivity index (χ1v) is 9.21. The normalized spacial score (nSPS) is 14.9. The molecule has 0 bridgehead atoms. The number of rotatable bonds is 6. The SMILES string of the molecule is CC(C)(C)C(NC(=O)O)C(O)CNS(=O)(=O)c1ccc(Cl)cc1Cl. The van der Waals surface area contributed by atoms with Gasteiger partial charge < -0.3 is 15.5 Å². The number of benzene rings is 1. The Kier molecular flexibility index (Phi) is 6.89. The predicted molar refractivity (Wildman–Crippen MR) is 92.1 cm³/mol. The van der Waals surface area contributed by atoms with Crippen LogP contribution in [-0.2, 0) is 10.0 Å². The van der Waals surface area contributed by atoms with Crippen molar-refractivity contribution in [2.75, 3.05) is 6.54 Å². The molecule has 0 aliphatic heterocycles. The van der Waals surface area contributed by atoms with Gasteiger partial charge in [0.2, 0.25) is 10.0 Å². The van der Waals surface area contributed by atoms with Crippen molar-refractivity contribution in [3.63, 3.8) is 0 Å². The van der Waals surface area contributed by atoms with Crippen molar-refractivity contribution in [1.29, 1.82) is 0 Å². The molecule has 0 aliphatic carbocycles. The first-order chi connectivity index (χ1) is 10.8. The summed E-state index contributed by atoms with van der Waals surface area (Å²) in [5, 5.41) is 21.5. The minimum absolute atomic E-state index is 0.0551. The van der Waals surface area contributed by atoms with Crippen molar-refractivity contribution in [3.05, 3.63) is 28.2 Å². The lowest BCUT2D eigenvalue weighted by atomic mass is 9.83. The molecule has 0 aliphatic rings. The summed E-state index contributed by atoms with van der Waals surface area (Å²) in [4.78, 5) is 10.7. The Balaban J connectivity index is 2.90. The number of carbonyl (C=O) groups is 1. The molecule has 0 aromatic heterocycles. The summed E-state index contributed by atoms with van der Waals surface area (Å²) in [5.74, 6) is 0. The van der Waals surface area contributed by atoms with Gasteiger partial charge in [0.15, 0.2) is 0 Å². The Labute approximate surface area is 151 Å². The Morgan fingerprint density at radius 1 is 1.29 bits per heavy atom. The Morgan fingerprint density at radius 3 is 2.33 bits per heavy atom. The average molecular weight is 399 g/mol. The van der Waals surface area contributed by atoms with Crippen LogP contribution in [0, 0.1) is 5.41 Å². The summed E-state index contributed by atoms with van der Waals surface area (Å²) in [6.45, 7) is 4.79. The van der Waals surface area contributed by atoms with Crippen molar-refractivity contribution >= 4 is 39.3 Å². The van der Waals surface area contributed by atoms with Gasteiger partial charge in [-0.25, -0.2) is 17.9 Å². The van der Waals surface area contributed by atoms with Crippen molar-refractivity contribution in [2.45, 2.75) is 37.8 Å². The van der Waals surface area contributed by atoms with Crippen LogP contribution in [-0.4, -0.2) is 43.4 Å². The highest BCUT2D eigenvalue weighted by Crippen LogP contribution is 2.25. The van der Waals surface area contributed by atoms with E-state index >= 15 is 0 Å². The number of hydrogen-bond acceptors (Lipinski definition) is 4. The molecule has 1 aromatic rings. The summed E-state index contributed by atoms with van der Waals surface area (Å²) in [6, 6.07) is 3.04. The second kappa shape index (κ2) is 7.88. The summed E-state index contributed by atoms with van der Waals surface area (Å²) in [5.41, 5.74) is -0.624. The maximum Gasteiger partial charge on any atom is 0.404 e. The van der Waals surface area contributed by atoms with Gasteiger partial charge in [-0.05, 0) is 23.6 Å². The minimum atomic E-state index is -3.99. The van der Waals surface area contributed by atoms with Crippen molar-refractivity contribution in [2.24, 2.45) is 5.41 Å². The van der Waals surface area contributed by atoms with Crippen molar-refractivity contribution in [3.8, 4) is 0 Å². The van der Waals surface area contributed by atoms with Crippen LogP contribution in [0.3, 0.4) is 0 Å². The number of hydrogen-bond donors (Lipinski definition) is 4. The van der Waals surface area contributed by atoms with Crippen LogP contribution in [0.1, 0.15) is 20.8 Å². The van der Waals surface area contributed by atoms with E-state index in [1.807, 2.05) is 0 Å². The molecule has 10 heteroatoms. The lowest BCUT2D eigenvalue weighted by molar-refractivity contribution is 0.0721. The Bertz CT molecular complexity index is 704. The third-order valence-electron chi connectivity index (χ3n) is 3.26. The van der Waals surface area contributed by atoms with Gasteiger partial charge in [0.05, 0.1) is 17.2 Å². The van der Waals surface area contributed by atoms with Gasteiger partial charge >= 0.3 is 6.09 Å². The summed E-state index contributed by atoms with van der Waals surface area (Å²) in [6.07, 6.45) is -2.58.